The van der Waals surface area contributed by atoms with Crippen molar-refractivity contribution in [3.05, 3.63) is 62.5 Å². The van der Waals surface area contributed by atoms with E-state index in [1.165, 1.54) is 41.7 Å². The van der Waals surface area contributed by atoms with E-state index in [1.54, 1.807) is 6.08 Å². The maximum Gasteiger partial charge on any atom is 0.331 e. The lowest BCUT2D eigenvalue weighted by molar-refractivity contribution is -0.136. The zero-order valence-corrected chi connectivity index (χ0v) is 13.1. The highest BCUT2D eigenvalue weighted by Crippen LogP contribution is 2.22. The summed E-state index contributed by atoms with van der Waals surface area (Å²) in [5, 5.41) is 0. The number of ketones is 1. The molecule has 1 aromatic heterocycles. The maximum absolute atomic E-state index is 12.7. The third-order valence-electron chi connectivity index (χ3n) is 2.49. The van der Waals surface area contributed by atoms with Crippen molar-refractivity contribution in [1.29, 1.82) is 0 Å². The number of thiophene rings is 1. The maximum atomic E-state index is 12.7. The number of hydrogen-bond donors (Lipinski definition) is 0. The van der Waals surface area contributed by atoms with E-state index in [2.05, 4.69) is 15.9 Å². The van der Waals surface area contributed by atoms with Crippen molar-refractivity contribution in [1.82, 2.24) is 0 Å². The second-order valence-corrected chi connectivity index (χ2v) is 6.51. The van der Waals surface area contributed by atoms with E-state index in [-0.39, 0.29) is 12.4 Å². The third kappa shape index (κ3) is 4.91. The number of benzene rings is 1. The Morgan fingerprint density at radius 1 is 1.19 bits per heavy atom. The van der Waals surface area contributed by atoms with Crippen LogP contribution in [0.3, 0.4) is 0 Å². The summed E-state index contributed by atoms with van der Waals surface area (Å²) in [4.78, 5) is 24.1. The van der Waals surface area contributed by atoms with Gasteiger partial charge in [0, 0.05) is 16.5 Å². The SMILES string of the molecule is O=C(/C=C/c1ccc(Br)s1)OCC(=O)c1ccc(F)cc1. The first-order chi connectivity index (χ1) is 10.0. The van der Waals surface area contributed by atoms with Gasteiger partial charge in [-0.2, -0.15) is 0 Å². The quantitative estimate of drug-likeness (QED) is 0.453. The van der Waals surface area contributed by atoms with E-state index in [0.29, 0.717) is 5.56 Å². The standard InChI is InChI=1S/C15H10BrFO3S/c16-14-7-5-12(21-14)6-8-15(19)20-9-13(18)10-1-3-11(17)4-2-10/h1-8H,9H2/b8-6+. The first-order valence-electron chi connectivity index (χ1n) is 5.93. The smallest absolute Gasteiger partial charge is 0.331 e. The van der Waals surface area contributed by atoms with Crippen LogP contribution in [0.4, 0.5) is 4.39 Å². The summed E-state index contributed by atoms with van der Waals surface area (Å²) in [6, 6.07) is 8.79. The van der Waals surface area contributed by atoms with Crippen LogP contribution in [0, 0.1) is 5.82 Å². The molecule has 0 bridgehead atoms. The Morgan fingerprint density at radius 3 is 2.52 bits per heavy atom. The summed E-state index contributed by atoms with van der Waals surface area (Å²) >= 11 is 4.79. The Balaban J connectivity index is 1.85. The Kier molecular flexibility index (Phi) is 5.41. The average molecular weight is 369 g/mol. The Bertz CT molecular complexity index is 676. The molecular formula is C15H10BrFO3S. The van der Waals surface area contributed by atoms with Crippen molar-refractivity contribution >= 4 is 45.1 Å². The van der Waals surface area contributed by atoms with Gasteiger partial charge in [-0.05, 0) is 58.4 Å². The molecule has 1 heterocycles. The van der Waals surface area contributed by atoms with E-state index in [9.17, 15) is 14.0 Å². The van der Waals surface area contributed by atoms with Crippen LogP contribution in [0.1, 0.15) is 15.2 Å². The highest BCUT2D eigenvalue weighted by molar-refractivity contribution is 9.11. The molecule has 0 N–H and O–H groups in total. The number of ether oxygens (including phenoxy) is 1. The minimum absolute atomic E-state index is 0.301. The molecular weight excluding hydrogens is 359 g/mol. The minimum Gasteiger partial charge on any atom is -0.454 e. The molecule has 0 aliphatic carbocycles. The van der Waals surface area contributed by atoms with Crippen molar-refractivity contribution in [3.63, 3.8) is 0 Å². The second-order valence-electron chi connectivity index (χ2n) is 4.01. The highest BCUT2D eigenvalue weighted by atomic mass is 79.9. The molecule has 21 heavy (non-hydrogen) atoms. The largest absolute Gasteiger partial charge is 0.454 e. The Hall–Kier alpha value is -1.79. The number of carbonyl (C=O) groups excluding carboxylic acids is 2. The fourth-order valence-corrected chi connectivity index (χ4v) is 2.80. The van der Waals surface area contributed by atoms with E-state index in [1.807, 2.05) is 12.1 Å². The summed E-state index contributed by atoms with van der Waals surface area (Å²) < 4.78 is 18.5. The van der Waals surface area contributed by atoms with Gasteiger partial charge in [0.1, 0.15) is 5.82 Å². The van der Waals surface area contributed by atoms with Gasteiger partial charge in [0.15, 0.2) is 12.4 Å². The van der Waals surface area contributed by atoms with Gasteiger partial charge in [-0.3, -0.25) is 4.79 Å². The van der Waals surface area contributed by atoms with Crippen molar-refractivity contribution in [2.45, 2.75) is 0 Å². The van der Waals surface area contributed by atoms with E-state index in [0.717, 1.165) is 8.66 Å². The molecule has 0 saturated carbocycles. The summed E-state index contributed by atoms with van der Waals surface area (Å²) in [5.74, 6) is -1.40. The molecule has 3 nitrogen and oxygen atoms in total. The van der Waals surface area contributed by atoms with E-state index < -0.39 is 11.8 Å². The van der Waals surface area contributed by atoms with E-state index >= 15 is 0 Å². The monoisotopic (exact) mass is 368 g/mol. The third-order valence-corrected chi connectivity index (χ3v) is 4.08. The lowest BCUT2D eigenvalue weighted by Gasteiger charge is -2.01. The van der Waals surface area contributed by atoms with Gasteiger partial charge in [0.25, 0.3) is 0 Å². The van der Waals surface area contributed by atoms with Crippen molar-refractivity contribution in [2.75, 3.05) is 6.61 Å². The average Bonchev–Trinajstić information content (AvgIpc) is 2.89. The Morgan fingerprint density at radius 2 is 1.90 bits per heavy atom. The lowest BCUT2D eigenvalue weighted by Crippen LogP contribution is -2.12. The predicted molar refractivity (Wildman–Crippen MR) is 82.7 cm³/mol. The van der Waals surface area contributed by atoms with Gasteiger partial charge in [-0.1, -0.05) is 0 Å². The number of esters is 1. The number of halogens is 2. The molecule has 0 fully saturated rings. The number of hydrogen-bond acceptors (Lipinski definition) is 4. The van der Waals surface area contributed by atoms with Crippen LogP contribution >= 0.6 is 27.3 Å². The zero-order valence-electron chi connectivity index (χ0n) is 10.7. The lowest BCUT2D eigenvalue weighted by atomic mass is 10.1. The first-order valence-corrected chi connectivity index (χ1v) is 7.54. The van der Waals surface area contributed by atoms with E-state index in [4.69, 9.17) is 4.74 Å². The van der Waals surface area contributed by atoms with Crippen LogP contribution in [0.5, 0.6) is 0 Å². The fraction of sp³-hybridized carbons (Fsp3) is 0.0667. The summed E-state index contributed by atoms with van der Waals surface area (Å²) in [6.45, 7) is -0.372. The van der Waals surface area contributed by atoms with Crippen molar-refractivity contribution in [3.8, 4) is 0 Å². The van der Waals surface area contributed by atoms with Crippen LogP contribution in [0.15, 0.2) is 46.3 Å². The molecule has 0 amide bonds. The zero-order chi connectivity index (χ0) is 15.2. The van der Waals surface area contributed by atoms with Crippen LogP contribution < -0.4 is 0 Å². The van der Waals surface area contributed by atoms with Gasteiger partial charge in [-0.25, -0.2) is 9.18 Å². The highest BCUT2D eigenvalue weighted by Gasteiger charge is 2.08. The van der Waals surface area contributed by atoms with Gasteiger partial charge in [0.05, 0.1) is 3.79 Å². The topological polar surface area (TPSA) is 43.4 Å². The minimum atomic E-state index is -0.602. The molecule has 0 unspecified atom stereocenters. The van der Waals surface area contributed by atoms with Crippen LogP contribution in [0.2, 0.25) is 0 Å². The molecule has 0 atom stereocenters. The number of carbonyl (C=O) groups is 2. The van der Waals surface area contributed by atoms with Gasteiger partial charge in [-0.15, -0.1) is 11.3 Å². The van der Waals surface area contributed by atoms with Gasteiger partial charge >= 0.3 is 5.97 Å². The molecule has 6 heteroatoms. The van der Waals surface area contributed by atoms with Crippen molar-refractivity contribution in [2.24, 2.45) is 0 Å². The van der Waals surface area contributed by atoms with Crippen LogP contribution in [0.25, 0.3) is 6.08 Å². The predicted octanol–water partition coefficient (Wildman–Crippen LogP) is 4.09. The molecule has 0 radical (unpaired) electrons. The molecule has 108 valence electrons. The summed E-state index contributed by atoms with van der Waals surface area (Å²) in [5.41, 5.74) is 0.301. The first kappa shape index (κ1) is 15.6. The van der Waals surface area contributed by atoms with Gasteiger partial charge < -0.3 is 4.74 Å². The normalized spacial score (nSPS) is 10.8. The summed E-state index contributed by atoms with van der Waals surface area (Å²) in [6.07, 6.45) is 2.87. The van der Waals surface area contributed by atoms with Crippen molar-refractivity contribution < 1.29 is 18.7 Å². The molecule has 0 saturated heterocycles. The molecule has 1 aromatic carbocycles. The number of rotatable bonds is 5. The Labute approximate surface area is 133 Å². The molecule has 2 aromatic rings. The number of Topliss-reactive ketones (excluding diaryl/α,β-unsaturated/α-hetero) is 1. The molecule has 2 rings (SSSR count). The van der Waals surface area contributed by atoms with Gasteiger partial charge in [0.2, 0.25) is 0 Å². The molecule has 0 spiro atoms. The second kappa shape index (κ2) is 7.28. The van der Waals surface area contributed by atoms with Crippen LogP contribution in [-0.2, 0) is 9.53 Å². The van der Waals surface area contributed by atoms with Crippen LogP contribution in [-0.4, -0.2) is 18.4 Å². The summed E-state index contributed by atoms with van der Waals surface area (Å²) in [7, 11) is 0. The fourth-order valence-electron chi connectivity index (χ4n) is 1.47. The molecule has 0 aliphatic rings. The molecule has 0 aliphatic heterocycles.